The molecule has 1 saturated heterocycles. The maximum Gasteiger partial charge on any atom is 0.329 e. The molecule has 2 heterocycles. The standard InChI is InChI=1S/C21H29N3O5/c1-11(18-22-12(2)23-29-18)28-19(26)17-6-16(25)10-24(17)20(27)21-7-13-3-14(8-21)5-15(4-13)9-21/h11,13-17,25H,3-10H2,1-2H3/t11?,13?,14?,15?,16?,17-,21?/m0/s1. The fourth-order valence-electron chi connectivity index (χ4n) is 6.72. The molecule has 5 fully saturated rings. The van der Waals surface area contributed by atoms with Crippen LogP contribution in [-0.4, -0.2) is 50.7 Å². The lowest BCUT2D eigenvalue weighted by Gasteiger charge is -2.56. The molecule has 158 valence electrons. The van der Waals surface area contributed by atoms with E-state index in [4.69, 9.17) is 9.26 Å². The van der Waals surface area contributed by atoms with E-state index in [0.29, 0.717) is 23.6 Å². The topological polar surface area (TPSA) is 106 Å². The van der Waals surface area contributed by atoms with Crippen LogP contribution in [0.15, 0.2) is 4.52 Å². The highest BCUT2D eigenvalue weighted by atomic mass is 16.6. The molecule has 4 saturated carbocycles. The Balaban J connectivity index is 1.32. The van der Waals surface area contributed by atoms with Gasteiger partial charge in [-0.2, -0.15) is 4.98 Å². The van der Waals surface area contributed by atoms with Crippen molar-refractivity contribution in [2.45, 2.75) is 77.0 Å². The average molecular weight is 403 g/mol. The number of rotatable bonds is 4. The van der Waals surface area contributed by atoms with E-state index in [2.05, 4.69) is 10.1 Å². The third-order valence-electron chi connectivity index (χ3n) is 7.49. The Morgan fingerprint density at radius 3 is 2.34 bits per heavy atom. The number of aryl methyl sites for hydroxylation is 1. The largest absolute Gasteiger partial charge is 0.451 e. The molecule has 3 atom stereocenters. The maximum atomic E-state index is 13.7. The van der Waals surface area contributed by atoms with Gasteiger partial charge in [0.2, 0.25) is 5.91 Å². The van der Waals surface area contributed by atoms with Crippen LogP contribution in [0.25, 0.3) is 0 Å². The predicted octanol–water partition coefficient (Wildman–Crippen LogP) is 2.16. The molecule has 6 rings (SSSR count). The summed E-state index contributed by atoms with van der Waals surface area (Å²) >= 11 is 0. The van der Waals surface area contributed by atoms with Gasteiger partial charge in [0.25, 0.3) is 5.89 Å². The molecule has 1 aliphatic heterocycles. The van der Waals surface area contributed by atoms with Crippen LogP contribution in [0.5, 0.6) is 0 Å². The number of aliphatic hydroxyl groups is 1. The Hall–Kier alpha value is -1.96. The van der Waals surface area contributed by atoms with Crippen molar-refractivity contribution >= 4 is 11.9 Å². The number of ether oxygens (including phenoxy) is 1. The molecule has 1 N–H and O–H groups in total. The van der Waals surface area contributed by atoms with E-state index in [1.54, 1.807) is 18.7 Å². The zero-order valence-corrected chi connectivity index (χ0v) is 17.0. The van der Waals surface area contributed by atoms with Gasteiger partial charge in [-0.25, -0.2) is 4.79 Å². The first kappa shape index (κ1) is 19.0. The molecule has 0 radical (unpaired) electrons. The van der Waals surface area contributed by atoms with Crippen LogP contribution >= 0.6 is 0 Å². The Morgan fingerprint density at radius 2 is 1.79 bits per heavy atom. The van der Waals surface area contributed by atoms with Gasteiger partial charge in [0.15, 0.2) is 11.9 Å². The number of likely N-dealkylation sites (tertiary alicyclic amines) is 1. The second kappa shape index (κ2) is 6.79. The van der Waals surface area contributed by atoms with Crippen molar-refractivity contribution in [1.29, 1.82) is 0 Å². The monoisotopic (exact) mass is 403 g/mol. The second-order valence-electron chi connectivity index (χ2n) is 9.82. The second-order valence-corrected chi connectivity index (χ2v) is 9.82. The van der Waals surface area contributed by atoms with Crippen LogP contribution in [0.3, 0.4) is 0 Å². The minimum absolute atomic E-state index is 0.0522. The minimum Gasteiger partial charge on any atom is -0.451 e. The summed E-state index contributed by atoms with van der Waals surface area (Å²) in [7, 11) is 0. The first-order chi connectivity index (χ1) is 13.8. The van der Waals surface area contributed by atoms with Gasteiger partial charge < -0.3 is 19.3 Å². The van der Waals surface area contributed by atoms with Crippen LogP contribution in [-0.2, 0) is 14.3 Å². The molecule has 5 aliphatic rings. The number of aromatic nitrogens is 2. The van der Waals surface area contributed by atoms with Crippen LogP contribution < -0.4 is 0 Å². The fraction of sp³-hybridized carbons (Fsp3) is 0.810. The van der Waals surface area contributed by atoms with Gasteiger partial charge in [0.1, 0.15) is 6.04 Å². The first-order valence-corrected chi connectivity index (χ1v) is 10.8. The first-order valence-electron chi connectivity index (χ1n) is 10.8. The summed E-state index contributed by atoms with van der Waals surface area (Å²) in [5, 5.41) is 14.0. The molecule has 1 amide bonds. The van der Waals surface area contributed by atoms with Crippen molar-refractivity contribution in [2.75, 3.05) is 6.54 Å². The van der Waals surface area contributed by atoms with E-state index in [1.165, 1.54) is 19.3 Å². The number of amides is 1. The van der Waals surface area contributed by atoms with E-state index in [9.17, 15) is 14.7 Å². The number of nitrogens with zero attached hydrogens (tertiary/aromatic N) is 3. The van der Waals surface area contributed by atoms with E-state index in [0.717, 1.165) is 19.3 Å². The van der Waals surface area contributed by atoms with Crippen LogP contribution in [0.2, 0.25) is 0 Å². The third-order valence-corrected chi connectivity index (χ3v) is 7.49. The van der Waals surface area contributed by atoms with Crippen molar-refractivity contribution in [3.8, 4) is 0 Å². The number of carbonyl (C=O) groups excluding carboxylic acids is 2. The molecule has 4 bridgehead atoms. The Bertz CT molecular complexity index is 786. The van der Waals surface area contributed by atoms with Crippen molar-refractivity contribution < 1.29 is 24.0 Å². The molecule has 0 spiro atoms. The average Bonchev–Trinajstić information content (AvgIpc) is 3.25. The summed E-state index contributed by atoms with van der Waals surface area (Å²) in [5.74, 6) is 2.17. The number of esters is 1. The molecular weight excluding hydrogens is 374 g/mol. The van der Waals surface area contributed by atoms with Gasteiger partial charge in [-0.3, -0.25) is 4.79 Å². The van der Waals surface area contributed by atoms with Crippen LogP contribution in [0, 0.1) is 30.1 Å². The summed E-state index contributed by atoms with van der Waals surface area (Å²) in [6.07, 6.45) is 5.37. The summed E-state index contributed by atoms with van der Waals surface area (Å²) in [6.45, 7) is 3.57. The van der Waals surface area contributed by atoms with Gasteiger partial charge in [-0.05, 0) is 70.1 Å². The Labute approximate surface area is 170 Å². The highest BCUT2D eigenvalue weighted by Gasteiger charge is 2.57. The Morgan fingerprint density at radius 1 is 1.17 bits per heavy atom. The lowest BCUT2D eigenvalue weighted by Crippen LogP contribution is -2.56. The van der Waals surface area contributed by atoms with Crippen molar-refractivity contribution in [1.82, 2.24) is 15.0 Å². The van der Waals surface area contributed by atoms with Gasteiger partial charge in [0.05, 0.1) is 11.5 Å². The summed E-state index contributed by atoms with van der Waals surface area (Å²) in [5.41, 5.74) is -0.341. The molecular formula is C21H29N3O5. The summed E-state index contributed by atoms with van der Waals surface area (Å²) in [6, 6.07) is -0.753. The lowest BCUT2D eigenvalue weighted by atomic mass is 9.49. The van der Waals surface area contributed by atoms with Crippen LogP contribution in [0.4, 0.5) is 0 Å². The fourth-order valence-corrected chi connectivity index (χ4v) is 6.72. The van der Waals surface area contributed by atoms with E-state index in [-0.39, 0.29) is 30.2 Å². The molecule has 2 unspecified atom stereocenters. The minimum atomic E-state index is -0.753. The van der Waals surface area contributed by atoms with Crippen molar-refractivity contribution in [3.63, 3.8) is 0 Å². The molecule has 4 aliphatic carbocycles. The lowest BCUT2D eigenvalue weighted by molar-refractivity contribution is -0.168. The number of hydrogen-bond acceptors (Lipinski definition) is 7. The van der Waals surface area contributed by atoms with Gasteiger partial charge in [-0.15, -0.1) is 0 Å². The highest BCUT2D eigenvalue weighted by Crippen LogP contribution is 2.60. The number of aliphatic hydroxyl groups excluding tert-OH is 1. The quantitative estimate of drug-likeness (QED) is 0.768. The maximum absolute atomic E-state index is 13.7. The van der Waals surface area contributed by atoms with Crippen LogP contribution in [0.1, 0.15) is 69.7 Å². The zero-order chi connectivity index (χ0) is 20.3. The molecule has 8 heteroatoms. The van der Waals surface area contributed by atoms with E-state index >= 15 is 0 Å². The summed E-state index contributed by atoms with van der Waals surface area (Å²) in [4.78, 5) is 32.3. The van der Waals surface area contributed by atoms with E-state index in [1.807, 2.05) is 0 Å². The van der Waals surface area contributed by atoms with Gasteiger partial charge in [0, 0.05) is 13.0 Å². The molecule has 1 aromatic rings. The Kier molecular flexibility index (Phi) is 4.46. The summed E-state index contributed by atoms with van der Waals surface area (Å²) < 4.78 is 10.6. The van der Waals surface area contributed by atoms with Crippen molar-refractivity contribution in [2.24, 2.45) is 23.2 Å². The normalized spacial score (nSPS) is 39.0. The van der Waals surface area contributed by atoms with Gasteiger partial charge in [-0.1, -0.05) is 5.16 Å². The predicted molar refractivity (Wildman–Crippen MR) is 100 cm³/mol. The SMILES string of the molecule is Cc1noc(C(C)OC(=O)[C@@H]2CC(O)CN2C(=O)C23CC4CC(CC(C4)C2)C3)n1. The highest BCUT2D eigenvalue weighted by molar-refractivity contribution is 5.89. The van der Waals surface area contributed by atoms with E-state index < -0.39 is 24.2 Å². The molecule has 0 aromatic carbocycles. The number of carbonyl (C=O) groups is 2. The molecule has 29 heavy (non-hydrogen) atoms. The molecule has 8 nitrogen and oxygen atoms in total. The number of hydrogen-bond donors (Lipinski definition) is 1. The zero-order valence-electron chi connectivity index (χ0n) is 17.0. The third kappa shape index (κ3) is 3.25. The molecule has 1 aromatic heterocycles. The smallest absolute Gasteiger partial charge is 0.329 e. The number of β-amino-alcohol motifs (C(OH)–C–C–N with tert-alkyl or cyclic N) is 1. The van der Waals surface area contributed by atoms with Gasteiger partial charge >= 0.3 is 5.97 Å². The van der Waals surface area contributed by atoms with Crippen molar-refractivity contribution in [3.05, 3.63) is 11.7 Å².